The summed E-state index contributed by atoms with van der Waals surface area (Å²) in [6, 6.07) is 16.5. The molecular formula is C34H34FN5O5. The van der Waals surface area contributed by atoms with Crippen LogP contribution in [0.25, 0.3) is 0 Å². The molecule has 1 atom stereocenters. The summed E-state index contributed by atoms with van der Waals surface area (Å²) in [4.78, 5) is 37.3. The van der Waals surface area contributed by atoms with Gasteiger partial charge in [-0.05, 0) is 84.0 Å². The maximum Gasteiger partial charge on any atom is 0.273 e. The molecule has 10 nitrogen and oxygen atoms in total. The van der Waals surface area contributed by atoms with Crippen LogP contribution in [-0.2, 0) is 6.42 Å². The molecule has 3 aliphatic rings. The third-order valence-corrected chi connectivity index (χ3v) is 7.96. The van der Waals surface area contributed by atoms with Crippen molar-refractivity contribution >= 4 is 17.8 Å². The van der Waals surface area contributed by atoms with E-state index in [1.807, 2.05) is 44.2 Å². The van der Waals surface area contributed by atoms with Gasteiger partial charge in [-0.3, -0.25) is 9.59 Å². The number of rotatable bonds is 3. The first-order valence-electron chi connectivity index (χ1n) is 14.9. The Balaban J connectivity index is 1.46. The largest absolute Gasteiger partial charge is 0.493 e. The van der Waals surface area contributed by atoms with Crippen molar-refractivity contribution < 1.29 is 28.2 Å². The Bertz CT molecular complexity index is 1780. The molecule has 3 aliphatic heterocycles. The Hall–Kier alpha value is -5.19. The number of fused-ring (bicyclic) bond motifs is 6. The molecule has 0 saturated carbocycles. The van der Waals surface area contributed by atoms with Gasteiger partial charge in [-0.1, -0.05) is 26.0 Å². The van der Waals surface area contributed by atoms with Crippen LogP contribution < -0.4 is 25.3 Å². The molecule has 0 spiro atoms. The van der Waals surface area contributed by atoms with E-state index in [0.717, 1.165) is 16.7 Å². The molecule has 4 aromatic rings. The van der Waals surface area contributed by atoms with E-state index >= 15 is 0 Å². The Morgan fingerprint density at radius 2 is 1.89 bits per heavy atom. The Labute approximate surface area is 260 Å². The number of aromatic nitrogens is 2. The minimum atomic E-state index is -0.643. The number of ether oxygens (including phenoxy) is 3. The first kappa shape index (κ1) is 29.9. The van der Waals surface area contributed by atoms with Crippen LogP contribution in [-0.4, -0.2) is 53.5 Å². The number of methoxy groups -OCH3 is 1. The van der Waals surface area contributed by atoms with Gasteiger partial charge in [0.15, 0.2) is 11.5 Å². The third kappa shape index (κ3) is 6.11. The van der Waals surface area contributed by atoms with Crippen molar-refractivity contribution in [2.24, 2.45) is 0 Å². The van der Waals surface area contributed by atoms with Crippen LogP contribution in [0.4, 0.5) is 10.3 Å². The zero-order chi connectivity index (χ0) is 31.7. The number of hydrogen-bond acceptors (Lipinski definition) is 8. The highest BCUT2D eigenvalue weighted by atomic mass is 19.1. The maximum absolute atomic E-state index is 14.6. The van der Waals surface area contributed by atoms with E-state index in [9.17, 15) is 14.0 Å². The van der Waals surface area contributed by atoms with Crippen LogP contribution in [0.5, 0.6) is 23.0 Å². The first-order valence-corrected chi connectivity index (χ1v) is 14.9. The Morgan fingerprint density at radius 3 is 2.69 bits per heavy atom. The zero-order valence-electron chi connectivity index (χ0n) is 25.3. The van der Waals surface area contributed by atoms with Crippen molar-refractivity contribution in [3.05, 3.63) is 100 Å². The summed E-state index contributed by atoms with van der Waals surface area (Å²) < 4.78 is 32.4. The summed E-state index contributed by atoms with van der Waals surface area (Å²) in [5, 5.41) is 2.74. The number of hydrogen-bond donors (Lipinski definition) is 2. The minimum absolute atomic E-state index is 0.0498. The van der Waals surface area contributed by atoms with Gasteiger partial charge in [0.25, 0.3) is 11.8 Å². The number of nitrogens with two attached hydrogens (primary N) is 1. The molecule has 0 aliphatic carbocycles. The van der Waals surface area contributed by atoms with Crippen LogP contribution in [0.2, 0.25) is 0 Å². The predicted molar refractivity (Wildman–Crippen MR) is 165 cm³/mol. The second-order valence-electron chi connectivity index (χ2n) is 11.3. The molecule has 1 aromatic heterocycles. The molecule has 4 heterocycles. The van der Waals surface area contributed by atoms with Gasteiger partial charge < -0.3 is 30.2 Å². The highest BCUT2D eigenvalue weighted by molar-refractivity contribution is 5.95. The van der Waals surface area contributed by atoms with Crippen LogP contribution in [0, 0.1) is 5.82 Å². The SMILES string of the molecule is COc1ccc2cc1OCCCNC(=O)c1cc(ccc1F)Oc1ccc3c(c1)CCN(C(=O)c1cc(C(C)C)nc(N)n1)C23. The van der Waals surface area contributed by atoms with Gasteiger partial charge in [-0.25, -0.2) is 14.4 Å². The van der Waals surface area contributed by atoms with Gasteiger partial charge in [0.1, 0.15) is 23.0 Å². The van der Waals surface area contributed by atoms with Gasteiger partial charge >= 0.3 is 0 Å². The Kier molecular flexibility index (Phi) is 8.25. The fraction of sp³-hybridized carbons (Fsp3) is 0.294. The highest BCUT2D eigenvalue weighted by Gasteiger charge is 2.34. The number of halogens is 1. The monoisotopic (exact) mass is 611 g/mol. The number of nitrogens with one attached hydrogen (secondary N) is 1. The smallest absolute Gasteiger partial charge is 0.273 e. The fourth-order valence-corrected chi connectivity index (χ4v) is 5.69. The second-order valence-corrected chi connectivity index (χ2v) is 11.3. The fourth-order valence-electron chi connectivity index (χ4n) is 5.69. The van der Waals surface area contributed by atoms with Gasteiger partial charge in [-0.15, -0.1) is 0 Å². The van der Waals surface area contributed by atoms with Crippen LogP contribution >= 0.6 is 0 Å². The van der Waals surface area contributed by atoms with Crippen LogP contribution in [0.1, 0.15) is 75.5 Å². The molecule has 11 heteroatoms. The Morgan fingerprint density at radius 1 is 1.09 bits per heavy atom. The lowest BCUT2D eigenvalue weighted by atomic mass is 9.87. The molecule has 0 saturated heterocycles. The van der Waals surface area contributed by atoms with Crippen molar-refractivity contribution in [1.82, 2.24) is 20.2 Å². The molecule has 0 fully saturated rings. The lowest BCUT2D eigenvalue weighted by molar-refractivity contribution is 0.0687. The number of carbonyl (C=O) groups excluding carboxylic acids is 2. The summed E-state index contributed by atoms with van der Waals surface area (Å²) in [7, 11) is 1.56. The van der Waals surface area contributed by atoms with Gasteiger partial charge in [0.2, 0.25) is 5.95 Å². The van der Waals surface area contributed by atoms with Crippen LogP contribution in [0.15, 0.2) is 60.7 Å². The summed E-state index contributed by atoms with van der Waals surface area (Å²) in [6.45, 7) is 4.89. The number of nitrogen functional groups attached to an aromatic ring is 1. The van der Waals surface area contributed by atoms with Crippen molar-refractivity contribution in [3.8, 4) is 23.0 Å². The number of amides is 2. The summed E-state index contributed by atoms with van der Waals surface area (Å²) in [5.74, 6) is 0.537. The van der Waals surface area contributed by atoms with Crippen molar-refractivity contribution in [2.45, 2.75) is 38.6 Å². The summed E-state index contributed by atoms with van der Waals surface area (Å²) in [5.41, 5.74) is 9.54. The topological polar surface area (TPSA) is 129 Å². The summed E-state index contributed by atoms with van der Waals surface area (Å²) in [6.07, 6.45) is 1.01. The molecule has 45 heavy (non-hydrogen) atoms. The highest BCUT2D eigenvalue weighted by Crippen LogP contribution is 2.41. The number of benzene rings is 3. The van der Waals surface area contributed by atoms with E-state index in [1.54, 1.807) is 24.1 Å². The molecule has 3 aromatic carbocycles. The number of nitrogens with zero attached hydrogens (tertiary/aromatic N) is 3. The van der Waals surface area contributed by atoms with E-state index in [-0.39, 0.29) is 42.2 Å². The van der Waals surface area contributed by atoms with Crippen molar-refractivity contribution in [1.29, 1.82) is 0 Å². The molecule has 1 unspecified atom stereocenters. The first-order chi connectivity index (χ1) is 21.7. The van der Waals surface area contributed by atoms with Gasteiger partial charge in [0, 0.05) is 18.8 Å². The van der Waals surface area contributed by atoms with E-state index in [4.69, 9.17) is 19.9 Å². The molecule has 2 amide bonds. The van der Waals surface area contributed by atoms with E-state index in [2.05, 4.69) is 15.3 Å². The number of anilines is 1. The minimum Gasteiger partial charge on any atom is -0.493 e. The van der Waals surface area contributed by atoms with Crippen molar-refractivity contribution in [3.63, 3.8) is 0 Å². The summed E-state index contributed by atoms with van der Waals surface area (Å²) >= 11 is 0. The van der Waals surface area contributed by atoms with E-state index < -0.39 is 17.8 Å². The predicted octanol–water partition coefficient (Wildman–Crippen LogP) is 5.42. The van der Waals surface area contributed by atoms with Crippen molar-refractivity contribution in [2.75, 3.05) is 32.5 Å². The lowest BCUT2D eigenvalue weighted by Gasteiger charge is -2.38. The van der Waals surface area contributed by atoms with Gasteiger partial charge in [-0.2, -0.15) is 0 Å². The molecule has 8 bridgehead atoms. The normalized spacial score (nSPS) is 16.2. The average Bonchev–Trinajstić information content (AvgIpc) is 3.03. The average molecular weight is 612 g/mol. The second kappa shape index (κ2) is 12.4. The third-order valence-electron chi connectivity index (χ3n) is 7.96. The quantitative estimate of drug-likeness (QED) is 0.314. The molecule has 0 radical (unpaired) electrons. The lowest BCUT2D eigenvalue weighted by Crippen LogP contribution is -2.41. The molecule has 3 N–H and O–H groups in total. The van der Waals surface area contributed by atoms with E-state index in [1.165, 1.54) is 18.2 Å². The standard InChI is InChI=1S/C34H34FN5O5/c1-19(2)27-18-28(39-34(36)38-27)33(42)40-13-11-20-15-22-6-8-24(20)31(40)21-5-10-29(43-3)30(16-21)44-14-4-12-37-32(41)25-17-23(45-22)7-9-26(25)35/h5-10,15-19,31H,4,11-14H2,1-3H3,(H,37,41)(H2,36,38,39). The number of carbonyl (C=O) groups is 2. The van der Waals surface area contributed by atoms with Crippen LogP contribution in [0.3, 0.4) is 0 Å². The molecule has 232 valence electrons. The zero-order valence-corrected chi connectivity index (χ0v) is 25.3. The van der Waals surface area contributed by atoms with E-state index in [0.29, 0.717) is 48.1 Å². The van der Waals surface area contributed by atoms with Gasteiger partial charge in [0.05, 0.1) is 25.3 Å². The molecule has 7 rings (SSSR count). The maximum atomic E-state index is 14.6. The molecular weight excluding hydrogens is 577 g/mol.